The van der Waals surface area contributed by atoms with Gasteiger partial charge in [-0.15, -0.1) is 0 Å². The molecule has 2 heterocycles. The lowest BCUT2D eigenvalue weighted by Crippen LogP contribution is -2.22. The highest BCUT2D eigenvalue weighted by molar-refractivity contribution is 5.92. The summed E-state index contributed by atoms with van der Waals surface area (Å²) in [6.07, 6.45) is 1.62. The highest BCUT2D eigenvalue weighted by atomic mass is 16.5. The second-order valence-electron chi connectivity index (χ2n) is 5.23. The number of hydrogen-bond acceptors (Lipinski definition) is 5. The second kappa shape index (κ2) is 5.95. The van der Waals surface area contributed by atoms with Crippen LogP contribution in [0.1, 0.15) is 40.5 Å². The molecular weight excluding hydrogens is 268 g/mol. The molecule has 0 aliphatic heterocycles. The first-order chi connectivity index (χ1) is 9.90. The lowest BCUT2D eigenvalue weighted by molar-refractivity contribution is 0.0822. The van der Waals surface area contributed by atoms with Crippen LogP contribution in [0, 0.1) is 13.8 Å². The van der Waals surface area contributed by atoms with Crippen molar-refractivity contribution in [1.82, 2.24) is 15.0 Å². The maximum absolute atomic E-state index is 11.9. The number of nitrogens with one attached hydrogen (secondary N) is 1. The zero-order valence-corrected chi connectivity index (χ0v) is 13.0. The zero-order chi connectivity index (χ0) is 15.6. The van der Waals surface area contributed by atoms with Crippen molar-refractivity contribution in [2.24, 2.45) is 0 Å². The Bertz CT molecular complexity index is 629. The van der Waals surface area contributed by atoms with Crippen molar-refractivity contribution >= 4 is 11.6 Å². The van der Waals surface area contributed by atoms with Gasteiger partial charge in [0.05, 0.1) is 11.7 Å². The minimum absolute atomic E-state index is 0.0287. The Morgan fingerprint density at radius 1 is 1.38 bits per heavy atom. The van der Waals surface area contributed by atoms with Gasteiger partial charge >= 0.3 is 0 Å². The van der Waals surface area contributed by atoms with Gasteiger partial charge in [-0.3, -0.25) is 9.78 Å². The van der Waals surface area contributed by atoms with Crippen LogP contribution >= 0.6 is 0 Å². The van der Waals surface area contributed by atoms with Crippen molar-refractivity contribution < 1.29 is 9.32 Å². The Hall–Kier alpha value is -2.37. The van der Waals surface area contributed by atoms with Gasteiger partial charge in [0.1, 0.15) is 11.5 Å². The van der Waals surface area contributed by atoms with Crippen molar-refractivity contribution in [1.29, 1.82) is 0 Å². The fourth-order valence-corrected chi connectivity index (χ4v) is 2.30. The van der Waals surface area contributed by atoms with Gasteiger partial charge in [0.15, 0.2) is 0 Å². The molecule has 6 heteroatoms. The average Bonchev–Trinajstić information content (AvgIpc) is 2.77. The lowest BCUT2D eigenvalue weighted by atomic mass is 10.1. The molecule has 1 atom stereocenters. The van der Waals surface area contributed by atoms with E-state index in [9.17, 15) is 4.79 Å². The molecule has 112 valence electrons. The number of nitrogens with zero attached hydrogens (tertiary/aromatic N) is 3. The summed E-state index contributed by atoms with van der Waals surface area (Å²) in [5, 5.41) is 7.31. The number of carbonyl (C=O) groups excluding carboxylic acids is 1. The molecule has 0 bridgehead atoms. The lowest BCUT2D eigenvalue weighted by Gasteiger charge is -2.16. The summed E-state index contributed by atoms with van der Waals surface area (Å²) >= 11 is 0. The van der Waals surface area contributed by atoms with Gasteiger partial charge in [-0.2, -0.15) is 0 Å². The van der Waals surface area contributed by atoms with Crippen LogP contribution in [-0.2, 0) is 0 Å². The van der Waals surface area contributed by atoms with Crippen LogP contribution in [0.15, 0.2) is 22.9 Å². The molecule has 2 aromatic heterocycles. The van der Waals surface area contributed by atoms with Gasteiger partial charge in [0, 0.05) is 31.5 Å². The molecule has 0 fully saturated rings. The smallest absolute Gasteiger partial charge is 0.272 e. The Morgan fingerprint density at radius 3 is 2.67 bits per heavy atom. The van der Waals surface area contributed by atoms with Crippen LogP contribution < -0.4 is 5.32 Å². The van der Waals surface area contributed by atoms with Crippen molar-refractivity contribution in [2.75, 3.05) is 19.4 Å². The molecule has 0 aromatic carbocycles. The van der Waals surface area contributed by atoms with Gasteiger partial charge < -0.3 is 14.7 Å². The summed E-state index contributed by atoms with van der Waals surface area (Å²) in [5.74, 6) is 0.676. The highest BCUT2D eigenvalue weighted by Crippen LogP contribution is 2.25. The van der Waals surface area contributed by atoms with E-state index in [0.29, 0.717) is 5.69 Å². The van der Waals surface area contributed by atoms with Crippen LogP contribution in [0.25, 0.3) is 0 Å². The predicted octanol–water partition coefficient (Wildman–Crippen LogP) is 2.56. The standard InChI is InChI=1S/C15H20N4O2/c1-9(14-10(2)18-21-11(14)3)17-12-6-7-16-13(8-12)15(20)19(4)5/h6-9H,1-5H3,(H,16,17). The van der Waals surface area contributed by atoms with Crippen LogP contribution in [0.4, 0.5) is 5.69 Å². The molecule has 2 aromatic rings. The molecule has 0 saturated heterocycles. The van der Waals surface area contributed by atoms with Crippen molar-refractivity contribution in [3.63, 3.8) is 0 Å². The fourth-order valence-electron chi connectivity index (χ4n) is 2.30. The van der Waals surface area contributed by atoms with Crippen LogP contribution in [0.3, 0.4) is 0 Å². The van der Waals surface area contributed by atoms with E-state index in [-0.39, 0.29) is 11.9 Å². The summed E-state index contributed by atoms with van der Waals surface area (Å²) in [4.78, 5) is 17.5. The SMILES string of the molecule is Cc1noc(C)c1C(C)Nc1ccnc(C(=O)N(C)C)c1. The summed E-state index contributed by atoms with van der Waals surface area (Å²) < 4.78 is 5.18. The van der Waals surface area contributed by atoms with Crippen molar-refractivity contribution in [3.05, 3.63) is 41.0 Å². The Kier molecular flexibility index (Phi) is 4.26. The first kappa shape index (κ1) is 15.0. The summed E-state index contributed by atoms with van der Waals surface area (Å²) in [7, 11) is 3.41. The van der Waals surface area contributed by atoms with Crippen LogP contribution in [0.2, 0.25) is 0 Å². The van der Waals surface area contributed by atoms with E-state index in [4.69, 9.17) is 4.52 Å². The second-order valence-corrected chi connectivity index (χ2v) is 5.23. The van der Waals surface area contributed by atoms with E-state index >= 15 is 0 Å². The topological polar surface area (TPSA) is 71.3 Å². The molecule has 0 aliphatic rings. The monoisotopic (exact) mass is 288 g/mol. The van der Waals surface area contributed by atoms with E-state index in [2.05, 4.69) is 15.5 Å². The minimum atomic E-state index is -0.122. The molecule has 6 nitrogen and oxygen atoms in total. The molecule has 2 rings (SSSR count). The summed E-state index contributed by atoms with van der Waals surface area (Å²) in [6.45, 7) is 5.83. The van der Waals surface area contributed by atoms with Crippen molar-refractivity contribution in [2.45, 2.75) is 26.8 Å². The molecule has 0 spiro atoms. The van der Waals surface area contributed by atoms with E-state index < -0.39 is 0 Å². The number of amides is 1. The Balaban J connectivity index is 2.20. The van der Waals surface area contributed by atoms with Crippen LogP contribution in [-0.4, -0.2) is 35.0 Å². The third kappa shape index (κ3) is 3.21. The number of pyridine rings is 1. The van der Waals surface area contributed by atoms with E-state index in [0.717, 1.165) is 22.7 Å². The number of aromatic nitrogens is 2. The van der Waals surface area contributed by atoms with E-state index in [1.807, 2.05) is 26.8 Å². The normalized spacial score (nSPS) is 12.0. The first-order valence-corrected chi connectivity index (χ1v) is 6.77. The number of rotatable bonds is 4. The fraction of sp³-hybridized carbons (Fsp3) is 0.400. The molecule has 21 heavy (non-hydrogen) atoms. The van der Waals surface area contributed by atoms with Gasteiger partial charge in [0.25, 0.3) is 5.91 Å². The van der Waals surface area contributed by atoms with Crippen LogP contribution in [0.5, 0.6) is 0 Å². The maximum Gasteiger partial charge on any atom is 0.272 e. The molecule has 1 amide bonds. The van der Waals surface area contributed by atoms with E-state index in [1.54, 1.807) is 26.4 Å². The highest BCUT2D eigenvalue weighted by Gasteiger charge is 2.17. The van der Waals surface area contributed by atoms with Gasteiger partial charge in [0.2, 0.25) is 0 Å². The molecule has 0 radical (unpaired) electrons. The summed E-state index contributed by atoms with van der Waals surface area (Å²) in [5.41, 5.74) is 3.15. The molecule has 1 N–H and O–H groups in total. The molecule has 1 unspecified atom stereocenters. The van der Waals surface area contributed by atoms with E-state index in [1.165, 1.54) is 4.90 Å². The predicted molar refractivity (Wildman–Crippen MR) is 80.3 cm³/mol. The molecule has 0 aliphatic carbocycles. The largest absolute Gasteiger partial charge is 0.378 e. The average molecular weight is 288 g/mol. The summed E-state index contributed by atoms with van der Waals surface area (Å²) in [6, 6.07) is 3.61. The minimum Gasteiger partial charge on any atom is -0.378 e. The third-order valence-corrected chi connectivity index (χ3v) is 3.29. The van der Waals surface area contributed by atoms with Gasteiger partial charge in [-0.25, -0.2) is 0 Å². The maximum atomic E-state index is 11.9. The number of aryl methyl sites for hydroxylation is 2. The zero-order valence-electron chi connectivity index (χ0n) is 13.0. The number of carbonyl (C=O) groups is 1. The quantitative estimate of drug-likeness (QED) is 0.936. The Morgan fingerprint density at radius 2 is 2.10 bits per heavy atom. The molecule has 0 saturated carbocycles. The van der Waals surface area contributed by atoms with Crippen molar-refractivity contribution in [3.8, 4) is 0 Å². The number of anilines is 1. The van der Waals surface area contributed by atoms with Gasteiger partial charge in [-0.05, 0) is 32.9 Å². The first-order valence-electron chi connectivity index (χ1n) is 6.77. The molecular formula is C15H20N4O2. The Labute approximate surface area is 124 Å². The van der Waals surface area contributed by atoms with Gasteiger partial charge in [-0.1, -0.05) is 5.16 Å². The third-order valence-electron chi connectivity index (χ3n) is 3.29. The number of hydrogen-bond donors (Lipinski definition) is 1.